The van der Waals surface area contributed by atoms with E-state index in [0.29, 0.717) is 12.1 Å². The molecule has 0 unspecified atom stereocenters. The van der Waals surface area contributed by atoms with Crippen LogP contribution in [-0.4, -0.2) is 53.2 Å². The molecule has 0 bridgehead atoms. The number of hydrogen-bond acceptors (Lipinski definition) is 9. The van der Waals surface area contributed by atoms with Crippen LogP contribution in [-0.2, 0) is 28.6 Å². The Bertz CT molecular complexity index is 1610. The minimum Gasteiger partial charge on any atom is -0.481 e. The number of alkyl halides is 3. The summed E-state index contributed by atoms with van der Waals surface area (Å²) in [6, 6.07) is 6.49. The number of carbonyl (C=O) groups is 2. The highest BCUT2D eigenvalue weighted by atomic mass is 19.4. The number of aryl methyl sites for hydroxylation is 1. The fraction of sp³-hybridized carbons (Fsp3) is 0.367. The standard InChI is InChI=1S/C30H31F5N4O7/c1-29(2,3)46-28(41)38(12-6-7-23-25(39(42)43)10-11-26(37-23)44-4)16-17-13-18(31)8-9-22(17)36-24-15-20(30(33,34)35)21(32)14-19(24)27(40)45-5/h8-11,13-15,36H,6-7,12,16H2,1-5H3. The van der Waals surface area contributed by atoms with Crippen LogP contribution >= 0.6 is 0 Å². The summed E-state index contributed by atoms with van der Waals surface area (Å²) in [5.74, 6) is -3.47. The molecule has 0 atom stereocenters. The molecule has 11 nitrogen and oxygen atoms in total. The molecule has 3 aromatic rings. The Balaban J connectivity index is 1.99. The van der Waals surface area contributed by atoms with Gasteiger partial charge in [0.25, 0.3) is 5.69 Å². The Labute approximate surface area is 260 Å². The van der Waals surface area contributed by atoms with E-state index in [1.54, 1.807) is 20.8 Å². The number of hydrogen-bond donors (Lipinski definition) is 1. The van der Waals surface area contributed by atoms with Crippen molar-refractivity contribution >= 4 is 29.1 Å². The number of methoxy groups -OCH3 is 2. The molecule has 248 valence electrons. The van der Waals surface area contributed by atoms with E-state index in [0.717, 1.165) is 19.2 Å². The van der Waals surface area contributed by atoms with Gasteiger partial charge in [0, 0.05) is 24.4 Å². The fourth-order valence-corrected chi connectivity index (χ4v) is 4.28. The second-order valence-corrected chi connectivity index (χ2v) is 10.9. The topological polar surface area (TPSA) is 133 Å². The van der Waals surface area contributed by atoms with E-state index in [2.05, 4.69) is 15.0 Å². The molecule has 0 radical (unpaired) electrons. The maximum absolute atomic E-state index is 14.5. The van der Waals surface area contributed by atoms with Gasteiger partial charge < -0.3 is 24.4 Å². The minimum absolute atomic E-state index is 0.0232. The number of ether oxygens (including phenoxy) is 3. The SMILES string of the molecule is COC(=O)c1cc(F)c(C(F)(F)F)cc1Nc1ccc(F)cc1CN(CCCc1nc(OC)ccc1[N+](=O)[O-])C(=O)OC(C)(C)C. The third-order valence-corrected chi connectivity index (χ3v) is 6.34. The second kappa shape index (κ2) is 14.4. The van der Waals surface area contributed by atoms with Crippen molar-refractivity contribution in [2.24, 2.45) is 0 Å². The largest absolute Gasteiger partial charge is 0.481 e. The van der Waals surface area contributed by atoms with E-state index >= 15 is 0 Å². The van der Waals surface area contributed by atoms with Crippen molar-refractivity contribution in [1.29, 1.82) is 0 Å². The number of pyridine rings is 1. The van der Waals surface area contributed by atoms with E-state index in [4.69, 9.17) is 9.47 Å². The van der Waals surface area contributed by atoms with Crippen molar-refractivity contribution in [3.8, 4) is 5.88 Å². The van der Waals surface area contributed by atoms with Gasteiger partial charge in [0.05, 0.1) is 42.5 Å². The van der Waals surface area contributed by atoms with Gasteiger partial charge in [-0.2, -0.15) is 13.2 Å². The van der Waals surface area contributed by atoms with Crippen molar-refractivity contribution < 1.29 is 50.7 Å². The molecule has 16 heteroatoms. The Morgan fingerprint density at radius 3 is 2.30 bits per heavy atom. The fourth-order valence-electron chi connectivity index (χ4n) is 4.28. The number of esters is 1. The average molecular weight is 655 g/mol. The van der Waals surface area contributed by atoms with E-state index in [-0.39, 0.29) is 54.4 Å². The lowest BCUT2D eigenvalue weighted by Crippen LogP contribution is -2.37. The summed E-state index contributed by atoms with van der Waals surface area (Å²) >= 11 is 0. The van der Waals surface area contributed by atoms with Crippen molar-refractivity contribution in [1.82, 2.24) is 9.88 Å². The Hall–Kier alpha value is -5.02. The Morgan fingerprint density at radius 1 is 1.02 bits per heavy atom. The normalized spacial score (nSPS) is 11.5. The summed E-state index contributed by atoms with van der Waals surface area (Å²) in [6.45, 7) is 4.40. The van der Waals surface area contributed by atoms with Crippen molar-refractivity contribution in [3.05, 3.63) is 86.6 Å². The van der Waals surface area contributed by atoms with Crippen molar-refractivity contribution in [2.45, 2.75) is 51.9 Å². The van der Waals surface area contributed by atoms with E-state index in [9.17, 15) is 41.7 Å². The van der Waals surface area contributed by atoms with Crippen LogP contribution in [0.2, 0.25) is 0 Å². The maximum atomic E-state index is 14.5. The Kier molecular flexibility index (Phi) is 11.1. The zero-order chi connectivity index (χ0) is 34.4. The number of nitro groups is 1. The third kappa shape index (κ3) is 9.25. The number of aromatic nitrogens is 1. The summed E-state index contributed by atoms with van der Waals surface area (Å²) in [7, 11) is 2.30. The molecule has 3 rings (SSSR count). The molecule has 0 aliphatic heterocycles. The summed E-state index contributed by atoms with van der Waals surface area (Å²) < 4.78 is 84.5. The number of rotatable bonds is 11. The predicted molar refractivity (Wildman–Crippen MR) is 155 cm³/mol. The highest BCUT2D eigenvalue weighted by Gasteiger charge is 2.36. The average Bonchev–Trinajstić information content (AvgIpc) is 2.96. The zero-order valence-electron chi connectivity index (χ0n) is 25.5. The quantitative estimate of drug-likeness (QED) is 0.0987. The molecular weight excluding hydrogens is 623 g/mol. The third-order valence-electron chi connectivity index (χ3n) is 6.34. The summed E-state index contributed by atoms with van der Waals surface area (Å²) in [4.78, 5) is 41.7. The number of nitrogens with zero attached hydrogens (tertiary/aromatic N) is 3. The van der Waals surface area contributed by atoms with Gasteiger partial charge >= 0.3 is 18.2 Å². The van der Waals surface area contributed by atoms with Gasteiger partial charge in [-0.05, 0) is 69.5 Å². The van der Waals surface area contributed by atoms with Gasteiger partial charge in [-0.1, -0.05) is 0 Å². The molecule has 46 heavy (non-hydrogen) atoms. The van der Waals surface area contributed by atoms with Gasteiger partial charge in [-0.25, -0.2) is 23.4 Å². The number of benzene rings is 2. The molecule has 0 aliphatic rings. The van der Waals surface area contributed by atoms with E-state index in [1.807, 2.05) is 0 Å². The minimum atomic E-state index is -5.11. The number of carbonyl (C=O) groups excluding carboxylic acids is 2. The first-order valence-electron chi connectivity index (χ1n) is 13.6. The molecule has 1 N–H and O–H groups in total. The maximum Gasteiger partial charge on any atom is 0.419 e. The first kappa shape index (κ1) is 35.5. The van der Waals surface area contributed by atoms with E-state index in [1.165, 1.54) is 30.2 Å². The molecular formula is C30H31F5N4O7. The predicted octanol–water partition coefficient (Wildman–Crippen LogP) is 7.20. The number of halogens is 5. The molecule has 1 aromatic heterocycles. The molecule has 0 saturated carbocycles. The summed E-state index contributed by atoms with van der Waals surface area (Å²) in [5.41, 5.74) is -3.83. The first-order valence-corrected chi connectivity index (χ1v) is 13.6. The van der Waals surface area contributed by atoms with Gasteiger partial charge in [-0.3, -0.25) is 10.1 Å². The Morgan fingerprint density at radius 2 is 1.72 bits per heavy atom. The van der Waals surface area contributed by atoms with Gasteiger partial charge in [0.2, 0.25) is 5.88 Å². The smallest absolute Gasteiger partial charge is 0.419 e. The van der Waals surface area contributed by atoms with Crippen LogP contribution in [0.15, 0.2) is 42.5 Å². The molecule has 0 aliphatic carbocycles. The summed E-state index contributed by atoms with van der Waals surface area (Å²) in [6.07, 6.45) is -5.80. The highest BCUT2D eigenvalue weighted by molar-refractivity contribution is 5.97. The summed E-state index contributed by atoms with van der Waals surface area (Å²) in [5, 5.41) is 14.1. The molecule has 0 fully saturated rings. The molecule has 2 aromatic carbocycles. The lowest BCUT2D eigenvalue weighted by molar-refractivity contribution is -0.386. The number of amides is 1. The van der Waals surface area contributed by atoms with Crippen LogP contribution in [0.4, 0.5) is 43.8 Å². The second-order valence-electron chi connectivity index (χ2n) is 10.9. The van der Waals surface area contributed by atoms with E-state index < -0.39 is 57.2 Å². The lowest BCUT2D eigenvalue weighted by Gasteiger charge is -2.28. The number of nitrogens with one attached hydrogen (secondary N) is 1. The molecule has 1 heterocycles. The molecule has 0 spiro atoms. The number of anilines is 2. The van der Waals surface area contributed by atoms with Crippen LogP contribution in [0, 0.1) is 21.7 Å². The van der Waals surface area contributed by atoms with Gasteiger partial charge in [-0.15, -0.1) is 0 Å². The highest BCUT2D eigenvalue weighted by Crippen LogP contribution is 2.36. The van der Waals surface area contributed by atoms with Crippen LogP contribution in [0.1, 0.15) is 54.4 Å². The van der Waals surface area contributed by atoms with Crippen molar-refractivity contribution in [2.75, 3.05) is 26.1 Å². The van der Waals surface area contributed by atoms with Gasteiger partial charge in [0.15, 0.2) is 0 Å². The van der Waals surface area contributed by atoms with Crippen LogP contribution < -0.4 is 10.1 Å². The zero-order valence-corrected chi connectivity index (χ0v) is 25.5. The first-order chi connectivity index (χ1) is 21.4. The lowest BCUT2D eigenvalue weighted by atomic mass is 10.1. The van der Waals surface area contributed by atoms with Gasteiger partial charge in [0.1, 0.15) is 22.9 Å². The van der Waals surface area contributed by atoms with Crippen LogP contribution in [0.25, 0.3) is 0 Å². The van der Waals surface area contributed by atoms with Crippen LogP contribution in [0.5, 0.6) is 5.88 Å². The van der Waals surface area contributed by atoms with Crippen molar-refractivity contribution in [3.63, 3.8) is 0 Å². The molecule has 1 amide bonds. The monoisotopic (exact) mass is 654 g/mol. The molecule has 0 saturated heterocycles. The van der Waals surface area contributed by atoms with Crippen LogP contribution in [0.3, 0.4) is 0 Å².